The summed E-state index contributed by atoms with van der Waals surface area (Å²) in [7, 11) is -11.5. The lowest BCUT2D eigenvalue weighted by Gasteiger charge is -2.41. The average molecular weight is 380 g/mol. The minimum atomic E-state index is -5.91. The van der Waals surface area contributed by atoms with Crippen LogP contribution in [-0.4, -0.2) is 44.7 Å². The number of piperidine rings is 1. The van der Waals surface area contributed by atoms with Crippen LogP contribution in [0.3, 0.4) is 0 Å². The summed E-state index contributed by atoms with van der Waals surface area (Å²) in [4.78, 5) is -1.82. The van der Waals surface area contributed by atoms with E-state index >= 15 is 0 Å². The van der Waals surface area contributed by atoms with Gasteiger partial charge in [-0.2, -0.15) is 18.3 Å². The van der Waals surface area contributed by atoms with Crippen LogP contribution >= 0.6 is 0 Å². The molecule has 2 rings (SSSR count). The number of nitriles is 1. The van der Waals surface area contributed by atoms with E-state index in [-0.39, 0.29) is 24.9 Å². The Morgan fingerprint density at radius 3 is 2.25 bits per heavy atom. The number of hydrogen-bond acceptors (Lipinski definition) is 5. The Morgan fingerprint density at radius 2 is 1.71 bits per heavy atom. The highest BCUT2D eigenvalue weighted by Crippen LogP contribution is 2.41. The molecule has 0 aromatic carbocycles. The fraction of sp³-hybridized carbons (Fsp3) is 0.769. The number of allylic oxidation sites excluding steroid dienone is 1. The minimum absolute atomic E-state index is 0.0730. The first-order valence-corrected chi connectivity index (χ1v) is 10.3. The third kappa shape index (κ3) is 2.88. The number of hydrogen-bond donors (Lipinski definition) is 0. The van der Waals surface area contributed by atoms with Gasteiger partial charge in [0.05, 0.1) is 0 Å². The van der Waals surface area contributed by atoms with E-state index in [9.17, 15) is 25.6 Å². The number of rotatable bonds is 4. The Kier molecular flexibility index (Phi) is 5.16. The number of alkyl halides is 2. The van der Waals surface area contributed by atoms with E-state index in [1.165, 1.54) is 0 Å². The zero-order chi connectivity index (χ0) is 18.2. The zero-order valence-corrected chi connectivity index (χ0v) is 14.3. The molecular weight excluding hydrogens is 364 g/mol. The van der Waals surface area contributed by atoms with Gasteiger partial charge >= 0.3 is 4.59 Å². The topological polar surface area (TPSA) is 118 Å². The molecule has 1 aliphatic heterocycles. The Hall–Kier alpha value is -1.34. The predicted molar refractivity (Wildman–Crippen MR) is 81.9 cm³/mol. The van der Waals surface area contributed by atoms with Crippen LogP contribution in [0.2, 0.25) is 0 Å². The lowest BCUT2D eigenvalue weighted by Crippen LogP contribution is -2.52. The number of fused-ring (bicyclic) bond motifs is 1. The molecule has 2 fully saturated rings. The van der Waals surface area contributed by atoms with E-state index in [1.807, 2.05) is 0 Å². The van der Waals surface area contributed by atoms with Crippen LogP contribution in [0.25, 0.3) is 5.41 Å². The fourth-order valence-electron chi connectivity index (χ4n) is 3.34. The van der Waals surface area contributed by atoms with Gasteiger partial charge in [0, 0.05) is 13.1 Å². The lowest BCUT2D eigenvalue weighted by molar-refractivity contribution is 0.119. The molecule has 7 nitrogen and oxygen atoms in total. The van der Waals surface area contributed by atoms with Gasteiger partial charge in [0.15, 0.2) is 4.91 Å². The van der Waals surface area contributed by atoms with Crippen molar-refractivity contribution in [3.63, 3.8) is 0 Å². The second-order valence-corrected chi connectivity index (χ2v) is 10.1. The van der Waals surface area contributed by atoms with E-state index in [0.29, 0.717) is 17.1 Å². The van der Waals surface area contributed by atoms with Gasteiger partial charge in [-0.1, -0.05) is 19.3 Å². The SMILES string of the molecule is N#CC(=C=[N-])S(=O)(=O)C(F)(F)S(=O)(=O)N1CCC2CCCCC2C1. The Morgan fingerprint density at radius 1 is 1.12 bits per heavy atom. The van der Waals surface area contributed by atoms with Gasteiger partial charge < -0.3 is 5.41 Å². The monoisotopic (exact) mass is 380 g/mol. The van der Waals surface area contributed by atoms with Crippen LogP contribution in [0.15, 0.2) is 4.91 Å². The molecule has 1 saturated carbocycles. The maximum absolute atomic E-state index is 14.3. The van der Waals surface area contributed by atoms with E-state index in [4.69, 9.17) is 10.7 Å². The first-order valence-electron chi connectivity index (χ1n) is 7.39. The van der Waals surface area contributed by atoms with Crippen LogP contribution in [0, 0.1) is 23.2 Å². The van der Waals surface area contributed by atoms with Crippen LogP contribution in [0.4, 0.5) is 8.78 Å². The van der Waals surface area contributed by atoms with E-state index in [1.54, 1.807) is 0 Å². The summed E-state index contributed by atoms with van der Waals surface area (Å²) in [5.41, 5.74) is 0. The Bertz CT molecular complexity index is 811. The highest BCUT2D eigenvalue weighted by atomic mass is 32.3. The maximum Gasteiger partial charge on any atom is 0.464 e. The highest BCUT2D eigenvalue weighted by Gasteiger charge is 2.62. The summed E-state index contributed by atoms with van der Waals surface area (Å²) in [5.74, 6) is 1.01. The third-order valence-corrected chi connectivity index (χ3v) is 8.93. The van der Waals surface area contributed by atoms with Crippen molar-refractivity contribution in [3.05, 3.63) is 10.3 Å². The zero-order valence-electron chi connectivity index (χ0n) is 12.7. The molecule has 2 unspecified atom stereocenters. The van der Waals surface area contributed by atoms with Crippen molar-refractivity contribution in [2.45, 2.75) is 36.7 Å². The van der Waals surface area contributed by atoms with Gasteiger partial charge in [0.25, 0.3) is 19.9 Å². The highest BCUT2D eigenvalue weighted by molar-refractivity contribution is 8.11. The summed E-state index contributed by atoms with van der Waals surface area (Å²) < 4.78 is 71.7. The summed E-state index contributed by atoms with van der Waals surface area (Å²) >= 11 is 0. The summed E-state index contributed by atoms with van der Waals surface area (Å²) in [6.07, 6.45) is 3.91. The van der Waals surface area contributed by atoms with Crippen molar-refractivity contribution in [3.8, 4) is 6.07 Å². The average Bonchev–Trinajstić information content (AvgIpc) is 2.54. The van der Waals surface area contributed by atoms with Gasteiger partial charge in [-0.15, -0.1) is 0 Å². The maximum atomic E-state index is 14.3. The number of nitrogens with zero attached hydrogens (tertiary/aromatic N) is 3. The van der Waals surface area contributed by atoms with Crippen molar-refractivity contribution < 1.29 is 25.6 Å². The smallest absolute Gasteiger partial charge is 0.464 e. The molecule has 0 N–H and O–H groups in total. The van der Waals surface area contributed by atoms with E-state index in [0.717, 1.165) is 31.2 Å². The molecule has 2 atom stereocenters. The van der Waals surface area contributed by atoms with Crippen molar-refractivity contribution in [2.75, 3.05) is 13.1 Å². The molecule has 0 aromatic rings. The summed E-state index contributed by atoms with van der Waals surface area (Å²) in [5, 5.41) is 17.0. The first kappa shape index (κ1) is 19.0. The number of sulfone groups is 1. The van der Waals surface area contributed by atoms with E-state index < -0.39 is 29.4 Å². The van der Waals surface area contributed by atoms with E-state index in [2.05, 4.69) is 0 Å². The van der Waals surface area contributed by atoms with Crippen LogP contribution in [0.1, 0.15) is 32.1 Å². The predicted octanol–water partition coefficient (Wildman–Crippen LogP) is 1.44. The third-order valence-electron chi connectivity index (χ3n) is 4.68. The molecule has 0 bridgehead atoms. The molecule has 134 valence electrons. The first-order chi connectivity index (χ1) is 11.1. The molecule has 0 radical (unpaired) electrons. The summed E-state index contributed by atoms with van der Waals surface area (Å²) in [6.45, 7) is -0.352. The Labute approximate surface area is 139 Å². The van der Waals surface area contributed by atoms with Gasteiger partial charge in [0.1, 0.15) is 6.07 Å². The van der Waals surface area contributed by atoms with Crippen molar-refractivity contribution >= 4 is 25.7 Å². The molecule has 24 heavy (non-hydrogen) atoms. The van der Waals surface area contributed by atoms with Gasteiger partial charge in [-0.05, 0) is 24.7 Å². The van der Waals surface area contributed by atoms with Gasteiger partial charge in [0.2, 0.25) is 0 Å². The minimum Gasteiger partial charge on any atom is -0.762 e. The quantitative estimate of drug-likeness (QED) is 0.540. The number of sulfonamides is 1. The molecule has 1 heterocycles. The number of halogens is 2. The normalized spacial score (nSPS) is 26.0. The lowest BCUT2D eigenvalue weighted by atomic mass is 9.76. The molecule has 11 heteroatoms. The van der Waals surface area contributed by atoms with Gasteiger partial charge in [-0.3, -0.25) is 0 Å². The second-order valence-electron chi connectivity index (χ2n) is 5.98. The molecule has 1 saturated heterocycles. The fourth-order valence-corrected chi connectivity index (χ4v) is 6.53. The molecular formula is C13H16F2N3O4S2-. The van der Waals surface area contributed by atoms with Crippen LogP contribution in [-0.2, 0) is 19.9 Å². The molecule has 0 spiro atoms. The second kappa shape index (κ2) is 6.52. The van der Waals surface area contributed by atoms with Gasteiger partial charge in [-0.25, -0.2) is 22.7 Å². The van der Waals surface area contributed by atoms with Crippen molar-refractivity contribution in [1.29, 1.82) is 5.26 Å². The van der Waals surface area contributed by atoms with Crippen molar-refractivity contribution in [2.24, 2.45) is 11.8 Å². The molecule has 0 aromatic heterocycles. The van der Waals surface area contributed by atoms with Crippen molar-refractivity contribution in [1.82, 2.24) is 4.31 Å². The Balaban J connectivity index is 2.36. The molecule has 0 amide bonds. The van der Waals surface area contributed by atoms with Crippen LogP contribution < -0.4 is 0 Å². The van der Waals surface area contributed by atoms with Crippen LogP contribution in [0.5, 0.6) is 0 Å². The standard InChI is InChI=1S/C13H16F2N3O4S2/c14-13(15,23(19,20)12(7-16)8-17)24(21,22)18-6-5-10-3-1-2-4-11(10)9-18/h10-11H,1-6,9H2/q-1. The molecule has 2 aliphatic rings. The molecule has 1 aliphatic carbocycles. The summed E-state index contributed by atoms with van der Waals surface area (Å²) in [6, 6.07) is 0.823. The largest absolute Gasteiger partial charge is 0.762 e.